The maximum atomic E-state index is 11.9. The molecule has 1 aromatic carbocycles. The molecule has 2 amide bonds. The smallest absolute Gasteiger partial charge is 0.261 e. The summed E-state index contributed by atoms with van der Waals surface area (Å²) in [7, 11) is 0. The van der Waals surface area contributed by atoms with Crippen LogP contribution in [0.4, 0.5) is 0 Å². The normalized spacial score (nSPS) is 10.2. The zero-order chi connectivity index (χ0) is 15.2. The van der Waals surface area contributed by atoms with Gasteiger partial charge in [-0.15, -0.1) is 11.3 Å². The molecule has 0 aliphatic rings. The minimum absolute atomic E-state index is 0.108. The van der Waals surface area contributed by atoms with Gasteiger partial charge in [-0.05, 0) is 48.2 Å². The van der Waals surface area contributed by atoms with Crippen LogP contribution in [-0.4, -0.2) is 24.9 Å². The monoisotopic (exact) mass is 322 g/mol. The van der Waals surface area contributed by atoms with E-state index in [1.54, 1.807) is 24.3 Å². The van der Waals surface area contributed by atoms with E-state index < -0.39 is 0 Å². The minimum atomic E-state index is -0.187. The van der Waals surface area contributed by atoms with Crippen molar-refractivity contribution in [3.63, 3.8) is 0 Å². The van der Waals surface area contributed by atoms with Gasteiger partial charge in [0.25, 0.3) is 11.8 Å². The van der Waals surface area contributed by atoms with Gasteiger partial charge in [-0.2, -0.15) is 0 Å². The largest absolute Gasteiger partial charge is 0.350 e. The van der Waals surface area contributed by atoms with Crippen molar-refractivity contribution < 1.29 is 9.59 Å². The SMILES string of the molecule is Cc1ccsc1C(=O)NCCNC(=O)c1ccc(Cl)cc1. The van der Waals surface area contributed by atoms with Crippen molar-refractivity contribution in [2.75, 3.05) is 13.1 Å². The molecule has 110 valence electrons. The standard InChI is InChI=1S/C15H15ClN2O2S/c1-10-6-9-21-13(10)15(20)18-8-7-17-14(19)11-2-4-12(16)5-3-11/h2-6,9H,7-8H2,1H3,(H,17,19)(H,18,20). The molecule has 0 fully saturated rings. The molecule has 0 saturated carbocycles. The second-order valence-electron chi connectivity index (χ2n) is 4.45. The number of amides is 2. The van der Waals surface area contributed by atoms with E-state index in [2.05, 4.69) is 10.6 Å². The summed E-state index contributed by atoms with van der Waals surface area (Å²) in [5, 5.41) is 7.99. The van der Waals surface area contributed by atoms with Crippen LogP contribution in [0.25, 0.3) is 0 Å². The Labute approximate surface area is 132 Å². The molecular weight excluding hydrogens is 308 g/mol. The molecule has 1 heterocycles. The van der Waals surface area contributed by atoms with Gasteiger partial charge in [-0.25, -0.2) is 0 Å². The lowest BCUT2D eigenvalue weighted by Gasteiger charge is -2.07. The fourth-order valence-corrected chi connectivity index (χ4v) is 2.71. The third-order valence-electron chi connectivity index (χ3n) is 2.87. The van der Waals surface area contributed by atoms with Crippen LogP contribution in [0.2, 0.25) is 5.02 Å². The zero-order valence-corrected chi connectivity index (χ0v) is 13.1. The highest BCUT2D eigenvalue weighted by Crippen LogP contribution is 2.14. The Hall–Kier alpha value is -1.85. The van der Waals surface area contributed by atoms with Crippen LogP contribution in [0.1, 0.15) is 25.6 Å². The predicted octanol–water partition coefficient (Wildman–Crippen LogP) is 2.87. The number of hydrogen-bond donors (Lipinski definition) is 2. The summed E-state index contributed by atoms with van der Waals surface area (Å²) < 4.78 is 0. The quantitative estimate of drug-likeness (QED) is 0.832. The molecule has 4 nitrogen and oxygen atoms in total. The summed E-state index contributed by atoms with van der Waals surface area (Å²) in [6.45, 7) is 2.65. The van der Waals surface area contributed by atoms with E-state index in [-0.39, 0.29) is 11.8 Å². The topological polar surface area (TPSA) is 58.2 Å². The van der Waals surface area contributed by atoms with Crippen molar-refractivity contribution in [3.05, 3.63) is 56.7 Å². The fraction of sp³-hybridized carbons (Fsp3) is 0.200. The molecule has 6 heteroatoms. The molecule has 2 aromatic rings. The lowest BCUT2D eigenvalue weighted by atomic mass is 10.2. The van der Waals surface area contributed by atoms with Gasteiger partial charge < -0.3 is 10.6 Å². The highest BCUT2D eigenvalue weighted by Gasteiger charge is 2.09. The van der Waals surface area contributed by atoms with E-state index in [4.69, 9.17) is 11.6 Å². The van der Waals surface area contributed by atoms with Gasteiger partial charge in [-0.1, -0.05) is 11.6 Å². The maximum absolute atomic E-state index is 11.9. The maximum Gasteiger partial charge on any atom is 0.261 e. The summed E-state index contributed by atoms with van der Waals surface area (Å²) in [5.74, 6) is -0.295. The lowest BCUT2D eigenvalue weighted by Crippen LogP contribution is -2.34. The van der Waals surface area contributed by atoms with Crippen LogP contribution in [0.15, 0.2) is 35.7 Å². The number of aryl methyl sites for hydroxylation is 1. The van der Waals surface area contributed by atoms with Gasteiger partial charge in [-0.3, -0.25) is 9.59 Å². The molecule has 0 aliphatic carbocycles. The number of benzene rings is 1. The van der Waals surface area contributed by atoms with Crippen LogP contribution in [0.3, 0.4) is 0 Å². The summed E-state index contributed by atoms with van der Waals surface area (Å²) in [6.07, 6.45) is 0. The number of carbonyl (C=O) groups is 2. The number of rotatable bonds is 5. The number of nitrogens with one attached hydrogen (secondary N) is 2. The predicted molar refractivity (Wildman–Crippen MR) is 85.2 cm³/mol. The van der Waals surface area contributed by atoms with E-state index in [1.165, 1.54) is 11.3 Å². The summed E-state index contributed by atoms with van der Waals surface area (Å²) >= 11 is 7.17. The Morgan fingerprint density at radius 3 is 2.24 bits per heavy atom. The van der Waals surface area contributed by atoms with Crippen molar-refractivity contribution in [3.8, 4) is 0 Å². The Kier molecular flexibility index (Phi) is 5.36. The molecule has 1 aromatic heterocycles. The zero-order valence-electron chi connectivity index (χ0n) is 11.5. The fourth-order valence-electron chi connectivity index (χ4n) is 1.74. The summed E-state index contributed by atoms with van der Waals surface area (Å²) in [5.41, 5.74) is 1.50. The van der Waals surface area contributed by atoms with Crippen molar-refractivity contribution in [2.24, 2.45) is 0 Å². The molecule has 0 spiro atoms. The molecule has 0 bridgehead atoms. The molecule has 0 unspecified atom stereocenters. The van der Waals surface area contributed by atoms with Gasteiger partial charge in [0.1, 0.15) is 0 Å². The van der Waals surface area contributed by atoms with Gasteiger partial charge in [0, 0.05) is 23.7 Å². The first-order valence-electron chi connectivity index (χ1n) is 6.44. The van der Waals surface area contributed by atoms with Crippen molar-refractivity contribution >= 4 is 34.8 Å². The summed E-state index contributed by atoms with van der Waals surface area (Å²) in [6, 6.07) is 8.55. The Bertz CT molecular complexity index is 637. The van der Waals surface area contributed by atoms with Crippen LogP contribution in [0, 0.1) is 6.92 Å². The first kappa shape index (κ1) is 15.5. The Morgan fingerprint density at radius 1 is 1.05 bits per heavy atom. The third-order valence-corrected chi connectivity index (χ3v) is 4.14. The van der Waals surface area contributed by atoms with Crippen molar-refractivity contribution in [2.45, 2.75) is 6.92 Å². The first-order valence-corrected chi connectivity index (χ1v) is 7.70. The van der Waals surface area contributed by atoms with E-state index in [0.717, 1.165) is 5.56 Å². The molecule has 2 rings (SSSR count). The molecule has 0 saturated heterocycles. The molecule has 0 atom stereocenters. The minimum Gasteiger partial charge on any atom is -0.350 e. The van der Waals surface area contributed by atoms with E-state index >= 15 is 0 Å². The molecular formula is C15H15ClN2O2S. The number of halogens is 1. The van der Waals surface area contributed by atoms with E-state index in [0.29, 0.717) is 28.6 Å². The number of carbonyl (C=O) groups excluding carboxylic acids is 2. The second kappa shape index (κ2) is 7.24. The van der Waals surface area contributed by atoms with Crippen LogP contribution >= 0.6 is 22.9 Å². The first-order chi connectivity index (χ1) is 10.1. The van der Waals surface area contributed by atoms with E-state index in [1.807, 2.05) is 18.4 Å². The van der Waals surface area contributed by atoms with Gasteiger partial charge in [0.15, 0.2) is 0 Å². The average Bonchev–Trinajstić information content (AvgIpc) is 2.90. The van der Waals surface area contributed by atoms with Gasteiger partial charge in [0.2, 0.25) is 0 Å². The molecule has 0 aliphatic heterocycles. The van der Waals surface area contributed by atoms with Crippen molar-refractivity contribution in [1.29, 1.82) is 0 Å². The Balaban J connectivity index is 1.75. The summed E-state index contributed by atoms with van der Waals surface area (Å²) in [4.78, 5) is 24.4. The van der Waals surface area contributed by atoms with Crippen LogP contribution in [0.5, 0.6) is 0 Å². The van der Waals surface area contributed by atoms with Gasteiger partial charge in [0.05, 0.1) is 4.88 Å². The third kappa shape index (κ3) is 4.31. The van der Waals surface area contributed by atoms with Gasteiger partial charge >= 0.3 is 0 Å². The number of thiophene rings is 1. The average molecular weight is 323 g/mol. The second-order valence-corrected chi connectivity index (χ2v) is 5.80. The van der Waals surface area contributed by atoms with E-state index in [9.17, 15) is 9.59 Å². The Morgan fingerprint density at radius 2 is 1.67 bits per heavy atom. The molecule has 21 heavy (non-hydrogen) atoms. The highest BCUT2D eigenvalue weighted by atomic mass is 35.5. The van der Waals surface area contributed by atoms with Crippen molar-refractivity contribution in [1.82, 2.24) is 10.6 Å². The highest BCUT2D eigenvalue weighted by molar-refractivity contribution is 7.12. The lowest BCUT2D eigenvalue weighted by molar-refractivity contribution is 0.0929. The molecule has 0 radical (unpaired) electrons. The number of hydrogen-bond acceptors (Lipinski definition) is 3. The molecule has 2 N–H and O–H groups in total. The van der Waals surface area contributed by atoms with Crippen LogP contribution < -0.4 is 10.6 Å². The van der Waals surface area contributed by atoms with Crippen LogP contribution in [-0.2, 0) is 0 Å².